The molecular formula is C14H18BrNO3. The lowest BCUT2D eigenvalue weighted by Crippen LogP contribution is -2.24. The molecule has 5 heteroatoms. The summed E-state index contributed by atoms with van der Waals surface area (Å²) in [6.45, 7) is 3.90. The number of alkyl halides is 1. The molecule has 1 fully saturated rings. The predicted molar refractivity (Wildman–Crippen MR) is 76.9 cm³/mol. The zero-order valence-electron chi connectivity index (χ0n) is 11.2. The van der Waals surface area contributed by atoms with Crippen LogP contribution in [0.1, 0.15) is 18.9 Å². The summed E-state index contributed by atoms with van der Waals surface area (Å²) in [6, 6.07) is 5.79. The highest BCUT2D eigenvalue weighted by atomic mass is 79.9. The van der Waals surface area contributed by atoms with Crippen LogP contribution in [0.3, 0.4) is 0 Å². The van der Waals surface area contributed by atoms with Crippen molar-refractivity contribution in [2.24, 2.45) is 0 Å². The molecular weight excluding hydrogens is 310 g/mol. The summed E-state index contributed by atoms with van der Waals surface area (Å²) in [5, 5.41) is 0. The van der Waals surface area contributed by atoms with Gasteiger partial charge in [-0.3, -0.25) is 4.79 Å². The standard InChI is InChI=1S/C14H18BrNO3/c1-3-19-13-6-10(4-5-12(13)18-2)8-16-9-11(15)7-14(16)17/h4-6,11H,3,7-9H2,1-2H3. The van der Waals surface area contributed by atoms with Gasteiger partial charge in [0.2, 0.25) is 5.91 Å². The van der Waals surface area contributed by atoms with Gasteiger partial charge in [0.15, 0.2) is 11.5 Å². The third-order valence-corrected chi connectivity index (χ3v) is 3.68. The highest BCUT2D eigenvalue weighted by molar-refractivity contribution is 9.09. The van der Waals surface area contributed by atoms with Crippen molar-refractivity contribution in [1.82, 2.24) is 4.90 Å². The van der Waals surface area contributed by atoms with Crippen LogP contribution < -0.4 is 9.47 Å². The van der Waals surface area contributed by atoms with Crippen molar-refractivity contribution in [2.45, 2.75) is 24.7 Å². The monoisotopic (exact) mass is 327 g/mol. The SMILES string of the molecule is CCOc1cc(CN2CC(Br)CC2=O)ccc1OC. The molecule has 0 spiro atoms. The van der Waals surface area contributed by atoms with Crippen molar-refractivity contribution in [1.29, 1.82) is 0 Å². The lowest BCUT2D eigenvalue weighted by atomic mass is 10.2. The topological polar surface area (TPSA) is 38.8 Å². The van der Waals surface area contributed by atoms with Crippen LogP contribution in [-0.2, 0) is 11.3 Å². The zero-order chi connectivity index (χ0) is 13.8. The van der Waals surface area contributed by atoms with Crippen molar-refractivity contribution in [3.8, 4) is 11.5 Å². The Morgan fingerprint density at radius 2 is 2.21 bits per heavy atom. The minimum Gasteiger partial charge on any atom is -0.493 e. The molecule has 0 N–H and O–H groups in total. The summed E-state index contributed by atoms with van der Waals surface area (Å²) in [7, 11) is 1.62. The fourth-order valence-corrected chi connectivity index (χ4v) is 2.81. The highest BCUT2D eigenvalue weighted by Crippen LogP contribution is 2.29. The number of benzene rings is 1. The van der Waals surface area contributed by atoms with Gasteiger partial charge in [-0.1, -0.05) is 22.0 Å². The fourth-order valence-electron chi connectivity index (χ4n) is 2.18. The number of hydrogen-bond acceptors (Lipinski definition) is 3. The van der Waals surface area contributed by atoms with Gasteiger partial charge in [-0.05, 0) is 24.6 Å². The third-order valence-electron chi connectivity index (χ3n) is 3.07. The van der Waals surface area contributed by atoms with Gasteiger partial charge in [0.1, 0.15) is 0 Å². The van der Waals surface area contributed by atoms with E-state index in [9.17, 15) is 4.79 Å². The molecule has 104 valence electrons. The molecule has 0 radical (unpaired) electrons. The predicted octanol–water partition coefficient (Wildman–Crippen LogP) is 2.59. The van der Waals surface area contributed by atoms with Gasteiger partial charge < -0.3 is 14.4 Å². The molecule has 1 aliphatic heterocycles. The number of rotatable bonds is 5. The number of nitrogens with zero attached hydrogens (tertiary/aromatic N) is 1. The van der Waals surface area contributed by atoms with Crippen LogP contribution in [0.2, 0.25) is 0 Å². The van der Waals surface area contributed by atoms with Crippen LogP contribution in [0, 0.1) is 0 Å². The van der Waals surface area contributed by atoms with E-state index in [2.05, 4.69) is 15.9 Å². The molecule has 1 heterocycles. The first-order chi connectivity index (χ1) is 9.13. The molecule has 1 saturated heterocycles. The van der Waals surface area contributed by atoms with Crippen LogP contribution in [0.4, 0.5) is 0 Å². The van der Waals surface area contributed by atoms with E-state index in [4.69, 9.17) is 9.47 Å². The van der Waals surface area contributed by atoms with Crippen molar-refractivity contribution in [3.05, 3.63) is 23.8 Å². The highest BCUT2D eigenvalue weighted by Gasteiger charge is 2.27. The van der Waals surface area contributed by atoms with Crippen LogP contribution in [0.15, 0.2) is 18.2 Å². The van der Waals surface area contributed by atoms with E-state index in [0.717, 1.165) is 23.6 Å². The van der Waals surface area contributed by atoms with E-state index < -0.39 is 0 Å². The van der Waals surface area contributed by atoms with Gasteiger partial charge in [0.25, 0.3) is 0 Å². The van der Waals surface area contributed by atoms with E-state index >= 15 is 0 Å². The van der Waals surface area contributed by atoms with E-state index in [1.54, 1.807) is 7.11 Å². The van der Waals surface area contributed by atoms with Gasteiger partial charge in [0.05, 0.1) is 13.7 Å². The van der Waals surface area contributed by atoms with Gasteiger partial charge >= 0.3 is 0 Å². The van der Waals surface area contributed by atoms with Crippen molar-refractivity contribution < 1.29 is 14.3 Å². The zero-order valence-corrected chi connectivity index (χ0v) is 12.8. The van der Waals surface area contributed by atoms with Gasteiger partial charge in [0, 0.05) is 24.3 Å². The number of ether oxygens (including phenoxy) is 2. The number of halogens is 1. The first-order valence-electron chi connectivity index (χ1n) is 6.35. The first kappa shape index (κ1) is 14.2. The minimum atomic E-state index is 0.190. The fraction of sp³-hybridized carbons (Fsp3) is 0.500. The number of hydrogen-bond donors (Lipinski definition) is 0. The van der Waals surface area contributed by atoms with Crippen molar-refractivity contribution >= 4 is 21.8 Å². The molecule has 0 aromatic heterocycles. The van der Waals surface area contributed by atoms with Crippen LogP contribution in [-0.4, -0.2) is 35.9 Å². The summed E-state index contributed by atoms with van der Waals surface area (Å²) in [6.07, 6.45) is 0.578. The molecule has 1 atom stereocenters. The Kier molecular flexibility index (Phi) is 4.69. The lowest BCUT2D eigenvalue weighted by molar-refractivity contribution is -0.128. The van der Waals surface area contributed by atoms with Gasteiger partial charge in [-0.15, -0.1) is 0 Å². The maximum Gasteiger partial charge on any atom is 0.224 e. The summed E-state index contributed by atoms with van der Waals surface area (Å²) >= 11 is 3.49. The van der Waals surface area contributed by atoms with Crippen molar-refractivity contribution in [2.75, 3.05) is 20.3 Å². The number of carbonyl (C=O) groups is 1. The Morgan fingerprint density at radius 3 is 2.79 bits per heavy atom. The van der Waals surface area contributed by atoms with E-state index in [1.807, 2.05) is 30.0 Å². The van der Waals surface area contributed by atoms with E-state index in [-0.39, 0.29) is 10.7 Å². The lowest BCUT2D eigenvalue weighted by Gasteiger charge is -2.17. The molecule has 1 aromatic carbocycles. The van der Waals surface area contributed by atoms with Crippen molar-refractivity contribution in [3.63, 3.8) is 0 Å². The largest absolute Gasteiger partial charge is 0.493 e. The van der Waals surface area contributed by atoms with E-state index in [1.165, 1.54) is 0 Å². The van der Waals surface area contributed by atoms with Gasteiger partial charge in [-0.25, -0.2) is 0 Å². The summed E-state index contributed by atoms with van der Waals surface area (Å²) < 4.78 is 10.8. The summed E-state index contributed by atoms with van der Waals surface area (Å²) in [5.41, 5.74) is 1.05. The molecule has 2 rings (SSSR count). The molecule has 1 aliphatic rings. The molecule has 1 amide bonds. The normalized spacial score (nSPS) is 18.8. The second kappa shape index (κ2) is 6.28. The van der Waals surface area contributed by atoms with Gasteiger partial charge in [-0.2, -0.15) is 0 Å². The summed E-state index contributed by atoms with van der Waals surface area (Å²) in [5.74, 6) is 1.64. The Morgan fingerprint density at radius 1 is 1.42 bits per heavy atom. The quantitative estimate of drug-likeness (QED) is 0.780. The maximum atomic E-state index is 11.8. The Labute approximate surface area is 121 Å². The Hall–Kier alpha value is -1.23. The molecule has 19 heavy (non-hydrogen) atoms. The molecule has 0 bridgehead atoms. The Bertz CT molecular complexity index is 464. The third kappa shape index (κ3) is 3.41. The smallest absolute Gasteiger partial charge is 0.224 e. The number of methoxy groups -OCH3 is 1. The molecule has 1 aromatic rings. The molecule has 1 unspecified atom stereocenters. The van der Waals surface area contributed by atoms with Crippen LogP contribution in [0.5, 0.6) is 11.5 Å². The number of carbonyl (C=O) groups excluding carboxylic acids is 1. The molecule has 4 nitrogen and oxygen atoms in total. The Balaban J connectivity index is 2.12. The van der Waals surface area contributed by atoms with E-state index in [0.29, 0.717) is 19.6 Å². The van der Waals surface area contributed by atoms with Crippen LogP contribution >= 0.6 is 15.9 Å². The minimum absolute atomic E-state index is 0.190. The number of likely N-dealkylation sites (tertiary alicyclic amines) is 1. The summed E-state index contributed by atoms with van der Waals surface area (Å²) in [4.78, 5) is 13.9. The van der Waals surface area contributed by atoms with Crippen LogP contribution in [0.25, 0.3) is 0 Å². The molecule has 0 saturated carbocycles. The first-order valence-corrected chi connectivity index (χ1v) is 7.27. The average molecular weight is 328 g/mol. The second-order valence-corrected chi connectivity index (χ2v) is 5.79. The molecule has 0 aliphatic carbocycles. The average Bonchev–Trinajstić information content (AvgIpc) is 2.69. The number of amides is 1. The second-order valence-electron chi connectivity index (χ2n) is 4.49. The maximum absolute atomic E-state index is 11.8.